The van der Waals surface area contributed by atoms with E-state index in [1.165, 1.54) is 17.4 Å². The number of nitrogens with zero attached hydrogens (tertiary/aromatic N) is 1. The summed E-state index contributed by atoms with van der Waals surface area (Å²) in [5.41, 5.74) is 2.31. The average Bonchev–Trinajstić information content (AvgIpc) is 2.61. The second-order valence-corrected chi connectivity index (χ2v) is 6.39. The van der Waals surface area contributed by atoms with Crippen LogP contribution in [0.15, 0.2) is 24.3 Å². The summed E-state index contributed by atoms with van der Waals surface area (Å²) >= 11 is 0. The molecule has 1 aromatic carbocycles. The number of anilines is 1. The quantitative estimate of drug-likeness (QED) is 0.642. The lowest BCUT2D eigenvalue weighted by Crippen LogP contribution is -3.15. The van der Waals surface area contributed by atoms with Crippen LogP contribution in [0.3, 0.4) is 0 Å². The molecule has 0 aliphatic carbocycles. The summed E-state index contributed by atoms with van der Waals surface area (Å²) in [4.78, 5) is 26.1. The van der Waals surface area contributed by atoms with E-state index in [0.29, 0.717) is 6.54 Å². The second kappa shape index (κ2) is 9.39. The van der Waals surface area contributed by atoms with Gasteiger partial charge in [0.2, 0.25) is 0 Å². The van der Waals surface area contributed by atoms with Crippen LogP contribution in [0.4, 0.5) is 5.69 Å². The molecule has 2 rings (SSSR count). The first kappa shape index (κ1) is 19.2. The summed E-state index contributed by atoms with van der Waals surface area (Å²) < 4.78 is 10.2. The first-order valence-electron chi connectivity index (χ1n) is 8.57. The number of morpholine rings is 1. The van der Waals surface area contributed by atoms with Gasteiger partial charge >= 0.3 is 5.97 Å². The van der Waals surface area contributed by atoms with Crippen LogP contribution < -0.4 is 15.1 Å². The predicted molar refractivity (Wildman–Crippen MR) is 94.7 cm³/mol. The number of ether oxygens (including phenoxy) is 2. The molecule has 1 heterocycles. The number of hydrogen-bond donors (Lipinski definition) is 2. The van der Waals surface area contributed by atoms with Crippen molar-refractivity contribution in [2.24, 2.45) is 0 Å². The molecule has 0 unspecified atom stereocenters. The number of benzene rings is 1. The van der Waals surface area contributed by atoms with Crippen molar-refractivity contribution in [3.8, 4) is 0 Å². The maximum atomic E-state index is 11.9. The molecule has 1 saturated heterocycles. The molecule has 0 aromatic heterocycles. The molecular formula is C18H28N3O4+. The zero-order chi connectivity index (χ0) is 18.2. The van der Waals surface area contributed by atoms with E-state index < -0.39 is 5.97 Å². The van der Waals surface area contributed by atoms with E-state index in [1.807, 2.05) is 14.1 Å². The third kappa shape index (κ3) is 6.03. The van der Waals surface area contributed by atoms with Crippen LogP contribution in [0.25, 0.3) is 0 Å². The lowest BCUT2D eigenvalue weighted by Gasteiger charge is -2.32. The third-order valence-corrected chi connectivity index (χ3v) is 4.35. The Kier molecular flexibility index (Phi) is 7.21. The molecule has 0 spiro atoms. The Bertz CT molecular complexity index is 568. The summed E-state index contributed by atoms with van der Waals surface area (Å²) in [6.07, 6.45) is 0. The van der Waals surface area contributed by atoms with Gasteiger partial charge in [-0.05, 0) is 12.1 Å². The van der Waals surface area contributed by atoms with E-state index in [4.69, 9.17) is 9.47 Å². The van der Waals surface area contributed by atoms with Gasteiger partial charge in [0.15, 0.2) is 6.61 Å². The van der Waals surface area contributed by atoms with Crippen LogP contribution in [-0.4, -0.2) is 65.4 Å². The van der Waals surface area contributed by atoms with Crippen LogP contribution in [-0.2, 0) is 19.1 Å². The summed E-state index contributed by atoms with van der Waals surface area (Å²) in [5, 5.41) is 2.88. The highest BCUT2D eigenvalue weighted by atomic mass is 16.5. The zero-order valence-corrected chi connectivity index (χ0v) is 15.2. The van der Waals surface area contributed by atoms with Crippen LogP contribution >= 0.6 is 0 Å². The lowest BCUT2D eigenvalue weighted by atomic mass is 10.0. The fourth-order valence-corrected chi connectivity index (χ4v) is 2.92. The van der Waals surface area contributed by atoms with Gasteiger partial charge in [-0.1, -0.05) is 12.1 Å². The Balaban J connectivity index is 2.04. The zero-order valence-electron chi connectivity index (χ0n) is 15.2. The van der Waals surface area contributed by atoms with Crippen LogP contribution in [0, 0.1) is 0 Å². The SMILES string of the molecule is CC(=O)OCC(=O)NC[C@@H](c1ccc(N(C)C)cc1)[NH+]1CCOCC1. The minimum atomic E-state index is -0.454. The number of carbonyl (C=O) groups excluding carboxylic acids is 2. The minimum Gasteiger partial charge on any atom is -0.456 e. The Morgan fingerprint density at radius 2 is 1.88 bits per heavy atom. The number of rotatable bonds is 7. The number of hydrogen-bond acceptors (Lipinski definition) is 5. The van der Waals surface area contributed by atoms with E-state index in [9.17, 15) is 9.59 Å². The molecule has 7 nitrogen and oxygen atoms in total. The fraction of sp³-hybridized carbons (Fsp3) is 0.556. The van der Waals surface area contributed by atoms with Gasteiger partial charge in [-0.25, -0.2) is 0 Å². The van der Waals surface area contributed by atoms with E-state index in [1.54, 1.807) is 0 Å². The number of nitrogens with one attached hydrogen (secondary N) is 2. The molecule has 1 fully saturated rings. The van der Waals surface area contributed by atoms with Gasteiger partial charge in [0, 0.05) is 32.3 Å². The number of quaternary nitrogens is 1. The van der Waals surface area contributed by atoms with Crippen molar-refractivity contribution in [3.63, 3.8) is 0 Å². The predicted octanol–water partition coefficient (Wildman–Crippen LogP) is -0.612. The molecule has 0 saturated carbocycles. The van der Waals surface area contributed by atoms with Crippen molar-refractivity contribution in [3.05, 3.63) is 29.8 Å². The van der Waals surface area contributed by atoms with Crippen molar-refractivity contribution in [2.45, 2.75) is 13.0 Å². The summed E-state index contributed by atoms with van der Waals surface area (Å²) in [7, 11) is 4.02. The maximum Gasteiger partial charge on any atom is 0.303 e. The second-order valence-electron chi connectivity index (χ2n) is 6.39. The highest BCUT2D eigenvalue weighted by Gasteiger charge is 2.27. The summed E-state index contributed by atoms with van der Waals surface area (Å²) in [5.74, 6) is -0.734. The molecule has 1 amide bonds. The van der Waals surface area contributed by atoms with Crippen molar-refractivity contribution >= 4 is 17.6 Å². The largest absolute Gasteiger partial charge is 0.456 e. The normalized spacial score (nSPS) is 16.1. The molecule has 0 radical (unpaired) electrons. The fourth-order valence-electron chi connectivity index (χ4n) is 2.92. The highest BCUT2D eigenvalue weighted by molar-refractivity contribution is 5.79. The summed E-state index contributed by atoms with van der Waals surface area (Å²) in [6, 6.07) is 8.54. The van der Waals surface area contributed by atoms with Gasteiger partial charge in [0.1, 0.15) is 19.1 Å². The Labute approximate surface area is 148 Å². The third-order valence-electron chi connectivity index (χ3n) is 4.35. The highest BCUT2D eigenvalue weighted by Crippen LogP contribution is 2.16. The molecule has 1 atom stereocenters. The van der Waals surface area contributed by atoms with Crippen LogP contribution in [0.5, 0.6) is 0 Å². The van der Waals surface area contributed by atoms with Gasteiger partial charge in [-0.3, -0.25) is 9.59 Å². The topological polar surface area (TPSA) is 72.3 Å². The van der Waals surface area contributed by atoms with E-state index >= 15 is 0 Å². The first-order chi connectivity index (χ1) is 12.0. The lowest BCUT2D eigenvalue weighted by molar-refractivity contribution is -0.937. The minimum absolute atomic E-state index is 0.140. The molecule has 1 aliphatic rings. The monoisotopic (exact) mass is 350 g/mol. The van der Waals surface area contributed by atoms with E-state index in [0.717, 1.165) is 32.0 Å². The molecule has 25 heavy (non-hydrogen) atoms. The Hall–Kier alpha value is -2.12. The molecular weight excluding hydrogens is 322 g/mol. The molecule has 7 heteroatoms. The number of amides is 1. The maximum absolute atomic E-state index is 11.9. The van der Waals surface area contributed by atoms with Gasteiger partial charge in [-0.2, -0.15) is 0 Å². The molecule has 1 aliphatic heterocycles. The van der Waals surface area contributed by atoms with Crippen molar-refractivity contribution < 1.29 is 24.0 Å². The van der Waals surface area contributed by atoms with Gasteiger partial charge < -0.3 is 24.6 Å². The molecule has 2 N–H and O–H groups in total. The van der Waals surface area contributed by atoms with Gasteiger partial charge in [0.25, 0.3) is 5.91 Å². The van der Waals surface area contributed by atoms with E-state index in [2.05, 4.69) is 34.5 Å². The van der Waals surface area contributed by atoms with Crippen molar-refractivity contribution in [1.82, 2.24) is 5.32 Å². The van der Waals surface area contributed by atoms with Crippen molar-refractivity contribution in [2.75, 3.05) is 58.5 Å². The standard InChI is InChI=1S/C18H27N3O4/c1-14(22)25-13-18(23)19-12-17(21-8-10-24-11-9-21)15-4-6-16(7-5-15)20(2)3/h4-7,17H,8-13H2,1-3H3,(H,19,23)/p+1/t17-/m0/s1. The van der Waals surface area contributed by atoms with Crippen molar-refractivity contribution in [1.29, 1.82) is 0 Å². The number of carbonyl (C=O) groups is 2. The molecule has 138 valence electrons. The average molecular weight is 350 g/mol. The first-order valence-corrected chi connectivity index (χ1v) is 8.57. The van der Waals surface area contributed by atoms with Gasteiger partial charge in [-0.15, -0.1) is 0 Å². The van der Waals surface area contributed by atoms with Crippen LogP contribution in [0.1, 0.15) is 18.5 Å². The molecule has 1 aromatic rings. The van der Waals surface area contributed by atoms with Gasteiger partial charge in [0.05, 0.1) is 19.8 Å². The Morgan fingerprint density at radius 1 is 1.24 bits per heavy atom. The number of esters is 1. The van der Waals surface area contributed by atoms with E-state index in [-0.39, 0.29) is 18.6 Å². The summed E-state index contributed by atoms with van der Waals surface area (Å²) in [6.45, 7) is 4.81. The smallest absolute Gasteiger partial charge is 0.303 e. The van der Waals surface area contributed by atoms with Crippen LogP contribution in [0.2, 0.25) is 0 Å². The molecule has 0 bridgehead atoms. The Morgan fingerprint density at radius 3 is 2.44 bits per heavy atom.